The average molecular weight is 213 g/mol. The summed E-state index contributed by atoms with van der Waals surface area (Å²) in [6, 6.07) is 0.135. The largest absolute Gasteiger partial charge is 0.379 e. The zero-order valence-corrected chi connectivity index (χ0v) is 8.92. The van der Waals surface area contributed by atoms with Crippen LogP contribution in [-0.4, -0.2) is 44.9 Å². The van der Waals surface area contributed by atoms with E-state index in [0.717, 1.165) is 39.1 Å². The van der Waals surface area contributed by atoms with Crippen molar-refractivity contribution < 1.29 is 9.53 Å². The van der Waals surface area contributed by atoms with Crippen LogP contribution >= 0.6 is 0 Å². The Balaban J connectivity index is 1.58. The van der Waals surface area contributed by atoms with Crippen molar-refractivity contribution in [2.75, 3.05) is 32.8 Å². The molecule has 15 heavy (non-hydrogen) atoms. The quantitative estimate of drug-likeness (QED) is 0.602. The molecule has 0 radical (unpaired) electrons. The predicted octanol–water partition coefficient (Wildman–Crippen LogP) is -0.316. The Kier molecular flexibility index (Phi) is 3.80. The summed E-state index contributed by atoms with van der Waals surface area (Å²) >= 11 is 0. The molecule has 5 heteroatoms. The summed E-state index contributed by atoms with van der Waals surface area (Å²) in [5, 5.41) is 8.99. The minimum Gasteiger partial charge on any atom is -0.379 e. The molecule has 0 spiro atoms. The van der Waals surface area contributed by atoms with E-state index in [2.05, 4.69) is 16.0 Å². The first-order chi connectivity index (χ1) is 7.34. The van der Waals surface area contributed by atoms with E-state index in [1.54, 1.807) is 0 Å². The molecule has 2 saturated heterocycles. The van der Waals surface area contributed by atoms with E-state index in [0.29, 0.717) is 12.5 Å². The molecule has 0 saturated carbocycles. The summed E-state index contributed by atoms with van der Waals surface area (Å²) in [4.78, 5) is 11.5. The predicted molar refractivity (Wildman–Crippen MR) is 56.7 cm³/mol. The third-order valence-corrected chi connectivity index (χ3v) is 2.91. The van der Waals surface area contributed by atoms with Crippen LogP contribution in [-0.2, 0) is 4.74 Å². The van der Waals surface area contributed by atoms with Crippen LogP contribution in [0.3, 0.4) is 0 Å². The van der Waals surface area contributed by atoms with Crippen molar-refractivity contribution in [2.24, 2.45) is 5.92 Å². The number of hydrogen-bond acceptors (Lipinski definition) is 3. The van der Waals surface area contributed by atoms with Gasteiger partial charge in [0.05, 0.1) is 12.6 Å². The van der Waals surface area contributed by atoms with Crippen molar-refractivity contribution in [3.05, 3.63) is 0 Å². The Morgan fingerprint density at radius 3 is 2.93 bits per heavy atom. The standard InChI is InChI=1S/C10H19N3O2/c14-10(12-6-8-4-11-5-8)13-9-2-1-3-15-7-9/h8-9,11H,1-7H2,(H2,12,13,14). The number of urea groups is 1. The highest BCUT2D eigenvalue weighted by Gasteiger charge is 2.19. The highest BCUT2D eigenvalue weighted by Crippen LogP contribution is 2.05. The highest BCUT2D eigenvalue weighted by molar-refractivity contribution is 5.74. The zero-order chi connectivity index (χ0) is 10.5. The van der Waals surface area contributed by atoms with Gasteiger partial charge in [-0.05, 0) is 12.8 Å². The van der Waals surface area contributed by atoms with Crippen LogP contribution in [0, 0.1) is 5.92 Å². The van der Waals surface area contributed by atoms with E-state index in [9.17, 15) is 4.79 Å². The van der Waals surface area contributed by atoms with Gasteiger partial charge < -0.3 is 20.7 Å². The van der Waals surface area contributed by atoms with E-state index in [1.807, 2.05) is 0 Å². The van der Waals surface area contributed by atoms with Crippen LogP contribution in [0.5, 0.6) is 0 Å². The lowest BCUT2D eigenvalue weighted by Gasteiger charge is -2.28. The molecule has 2 rings (SSSR count). The molecule has 2 fully saturated rings. The van der Waals surface area contributed by atoms with E-state index in [1.165, 1.54) is 0 Å². The summed E-state index contributed by atoms with van der Waals surface area (Å²) in [6.45, 7) is 4.29. The van der Waals surface area contributed by atoms with Gasteiger partial charge in [-0.25, -0.2) is 4.79 Å². The molecule has 1 unspecified atom stereocenters. The molecule has 2 aliphatic heterocycles. The van der Waals surface area contributed by atoms with Crippen molar-refractivity contribution in [1.82, 2.24) is 16.0 Å². The molecule has 1 atom stereocenters. The summed E-state index contributed by atoms with van der Waals surface area (Å²) in [5.74, 6) is 0.610. The van der Waals surface area contributed by atoms with Crippen LogP contribution < -0.4 is 16.0 Å². The summed E-state index contributed by atoms with van der Waals surface area (Å²) < 4.78 is 5.29. The minimum absolute atomic E-state index is 0.0580. The molecule has 2 aliphatic rings. The van der Waals surface area contributed by atoms with Crippen LogP contribution in [0.1, 0.15) is 12.8 Å². The van der Waals surface area contributed by atoms with E-state index in [-0.39, 0.29) is 12.1 Å². The highest BCUT2D eigenvalue weighted by atomic mass is 16.5. The number of carbonyl (C=O) groups is 1. The number of carbonyl (C=O) groups excluding carboxylic acids is 1. The fourth-order valence-electron chi connectivity index (χ4n) is 1.82. The van der Waals surface area contributed by atoms with E-state index >= 15 is 0 Å². The molecular formula is C10H19N3O2. The van der Waals surface area contributed by atoms with Gasteiger partial charge in [-0.3, -0.25) is 0 Å². The molecule has 3 N–H and O–H groups in total. The smallest absolute Gasteiger partial charge is 0.315 e. The number of rotatable bonds is 3. The maximum atomic E-state index is 11.5. The summed E-state index contributed by atoms with van der Waals surface area (Å²) in [7, 11) is 0. The Morgan fingerprint density at radius 2 is 2.33 bits per heavy atom. The molecule has 2 amide bonds. The van der Waals surface area contributed by atoms with Gasteiger partial charge in [0, 0.05) is 32.2 Å². The van der Waals surface area contributed by atoms with Gasteiger partial charge >= 0.3 is 6.03 Å². The Hall–Kier alpha value is -0.810. The lowest BCUT2D eigenvalue weighted by Crippen LogP contribution is -2.51. The fraction of sp³-hybridized carbons (Fsp3) is 0.900. The first-order valence-corrected chi connectivity index (χ1v) is 5.67. The minimum atomic E-state index is -0.0580. The Bertz CT molecular complexity index is 213. The summed E-state index contributed by atoms with van der Waals surface area (Å²) in [6.07, 6.45) is 2.07. The Morgan fingerprint density at radius 1 is 1.47 bits per heavy atom. The molecule has 0 aliphatic carbocycles. The van der Waals surface area contributed by atoms with Gasteiger partial charge in [0.2, 0.25) is 0 Å². The zero-order valence-electron chi connectivity index (χ0n) is 8.92. The number of ether oxygens (including phenoxy) is 1. The Labute approximate surface area is 89.9 Å². The molecule has 0 aromatic rings. The maximum Gasteiger partial charge on any atom is 0.315 e. The van der Waals surface area contributed by atoms with Gasteiger partial charge in [0.25, 0.3) is 0 Å². The third kappa shape index (κ3) is 3.35. The van der Waals surface area contributed by atoms with Crippen molar-refractivity contribution in [1.29, 1.82) is 0 Å². The SMILES string of the molecule is O=C(NCC1CNC1)NC1CCCOC1. The average Bonchev–Trinajstić information content (AvgIpc) is 2.17. The maximum absolute atomic E-state index is 11.5. The van der Waals surface area contributed by atoms with Gasteiger partial charge in [-0.2, -0.15) is 0 Å². The van der Waals surface area contributed by atoms with Crippen LogP contribution in [0.4, 0.5) is 4.79 Å². The van der Waals surface area contributed by atoms with Crippen molar-refractivity contribution in [2.45, 2.75) is 18.9 Å². The van der Waals surface area contributed by atoms with Crippen molar-refractivity contribution in [3.8, 4) is 0 Å². The third-order valence-electron chi connectivity index (χ3n) is 2.91. The fourth-order valence-corrected chi connectivity index (χ4v) is 1.82. The van der Waals surface area contributed by atoms with Gasteiger partial charge in [0.15, 0.2) is 0 Å². The van der Waals surface area contributed by atoms with Gasteiger partial charge in [-0.1, -0.05) is 0 Å². The molecule has 0 aromatic carbocycles. The van der Waals surface area contributed by atoms with Crippen LogP contribution in [0.15, 0.2) is 0 Å². The first-order valence-electron chi connectivity index (χ1n) is 5.67. The number of nitrogens with one attached hydrogen (secondary N) is 3. The second-order valence-corrected chi connectivity index (χ2v) is 4.29. The molecule has 86 valence electrons. The normalized spacial score (nSPS) is 26.8. The monoisotopic (exact) mass is 213 g/mol. The van der Waals surface area contributed by atoms with Gasteiger partial charge in [0.1, 0.15) is 0 Å². The molecule has 0 bridgehead atoms. The van der Waals surface area contributed by atoms with Crippen molar-refractivity contribution in [3.63, 3.8) is 0 Å². The second-order valence-electron chi connectivity index (χ2n) is 4.29. The molecule has 5 nitrogen and oxygen atoms in total. The second kappa shape index (κ2) is 5.32. The van der Waals surface area contributed by atoms with Crippen LogP contribution in [0.2, 0.25) is 0 Å². The number of hydrogen-bond donors (Lipinski definition) is 3. The number of amides is 2. The lowest BCUT2D eigenvalue weighted by molar-refractivity contribution is 0.0731. The van der Waals surface area contributed by atoms with E-state index < -0.39 is 0 Å². The lowest BCUT2D eigenvalue weighted by atomic mass is 10.0. The first kappa shape index (κ1) is 10.7. The topological polar surface area (TPSA) is 62.4 Å². The van der Waals surface area contributed by atoms with Gasteiger partial charge in [-0.15, -0.1) is 0 Å². The van der Waals surface area contributed by atoms with Crippen LogP contribution in [0.25, 0.3) is 0 Å². The van der Waals surface area contributed by atoms with Crippen molar-refractivity contribution >= 4 is 6.03 Å². The molecule has 0 aromatic heterocycles. The summed E-state index contributed by atoms with van der Waals surface area (Å²) in [5.41, 5.74) is 0. The van der Waals surface area contributed by atoms with E-state index in [4.69, 9.17) is 4.74 Å². The molecular weight excluding hydrogens is 194 g/mol. The molecule has 2 heterocycles.